The van der Waals surface area contributed by atoms with Gasteiger partial charge in [-0.05, 0) is 37.1 Å². The van der Waals surface area contributed by atoms with Crippen molar-refractivity contribution in [1.82, 2.24) is 10.2 Å². The van der Waals surface area contributed by atoms with Gasteiger partial charge in [0.1, 0.15) is 0 Å². The Morgan fingerprint density at radius 3 is 2.26 bits per heavy atom. The monoisotopic (exact) mass is 377 g/mol. The number of hydrogen-bond acceptors (Lipinski definition) is 2. The Labute approximate surface area is 154 Å². The van der Waals surface area contributed by atoms with Gasteiger partial charge in [0.2, 0.25) is 0 Å². The number of carbonyl (C=O) groups is 2. The molecule has 0 aromatic heterocycles. The number of rotatable bonds is 3. The van der Waals surface area contributed by atoms with Crippen molar-refractivity contribution in [3.05, 3.63) is 65.5 Å². The molecule has 1 fully saturated rings. The summed E-state index contributed by atoms with van der Waals surface area (Å²) < 4.78 is 40.1. The van der Waals surface area contributed by atoms with Crippen LogP contribution >= 0.6 is 0 Å². The lowest BCUT2D eigenvalue weighted by Crippen LogP contribution is -2.47. The summed E-state index contributed by atoms with van der Waals surface area (Å²) >= 11 is 0. The molecule has 0 bridgehead atoms. The highest BCUT2D eigenvalue weighted by Crippen LogP contribution is 2.19. The third-order valence-electron chi connectivity index (χ3n) is 4.41. The minimum Gasteiger partial charge on any atom is -0.338 e. The van der Waals surface area contributed by atoms with E-state index in [0.717, 1.165) is 12.1 Å². The number of amides is 3. The van der Waals surface area contributed by atoms with Crippen molar-refractivity contribution >= 4 is 17.6 Å². The van der Waals surface area contributed by atoms with Gasteiger partial charge < -0.3 is 15.5 Å². The van der Waals surface area contributed by atoms with Gasteiger partial charge in [0.05, 0.1) is 5.56 Å². The van der Waals surface area contributed by atoms with Crippen LogP contribution in [0.15, 0.2) is 42.5 Å². The van der Waals surface area contributed by atoms with Crippen molar-refractivity contribution in [3.8, 4) is 0 Å². The van der Waals surface area contributed by atoms with E-state index in [9.17, 15) is 22.8 Å². The van der Waals surface area contributed by atoms with E-state index in [1.807, 2.05) is 6.07 Å². The van der Waals surface area contributed by atoms with E-state index in [1.165, 1.54) is 4.90 Å². The number of nitrogens with zero attached hydrogens (tertiary/aromatic N) is 1. The molecule has 0 spiro atoms. The Kier molecular flexibility index (Phi) is 5.63. The second-order valence-electron chi connectivity index (χ2n) is 6.25. The lowest BCUT2D eigenvalue weighted by atomic mass is 10.0. The molecule has 0 atom stereocenters. The summed E-state index contributed by atoms with van der Waals surface area (Å²) in [6, 6.07) is 10.1. The van der Waals surface area contributed by atoms with Crippen LogP contribution in [0.25, 0.3) is 0 Å². The van der Waals surface area contributed by atoms with Crippen LogP contribution in [0.2, 0.25) is 0 Å². The van der Waals surface area contributed by atoms with Crippen LogP contribution in [0.5, 0.6) is 0 Å². The molecule has 2 aromatic carbocycles. The van der Waals surface area contributed by atoms with Crippen molar-refractivity contribution in [2.24, 2.45) is 0 Å². The number of piperidine rings is 1. The highest BCUT2D eigenvalue weighted by molar-refractivity contribution is 5.94. The molecule has 0 radical (unpaired) electrons. The van der Waals surface area contributed by atoms with Crippen molar-refractivity contribution in [3.63, 3.8) is 0 Å². The van der Waals surface area contributed by atoms with Gasteiger partial charge in [-0.2, -0.15) is 0 Å². The molecule has 5 nitrogen and oxygen atoms in total. The molecule has 3 rings (SSSR count). The molecule has 0 aliphatic carbocycles. The largest absolute Gasteiger partial charge is 0.338 e. The molecular weight excluding hydrogens is 359 g/mol. The van der Waals surface area contributed by atoms with Gasteiger partial charge in [-0.1, -0.05) is 18.2 Å². The first-order valence-electron chi connectivity index (χ1n) is 8.51. The lowest BCUT2D eigenvalue weighted by Gasteiger charge is -2.32. The molecule has 1 aliphatic heterocycles. The minimum atomic E-state index is -1.66. The molecule has 2 aromatic rings. The Balaban J connectivity index is 1.53. The number of likely N-dealkylation sites (tertiary alicyclic amines) is 1. The summed E-state index contributed by atoms with van der Waals surface area (Å²) in [5.41, 5.74) is 0.165. The van der Waals surface area contributed by atoms with Crippen LogP contribution in [0, 0.1) is 17.5 Å². The second kappa shape index (κ2) is 8.11. The van der Waals surface area contributed by atoms with Gasteiger partial charge in [-0.25, -0.2) is 18.0 Å². The molecule has 1 heterocycles. The summed E-state index contributed by atoms with van der Waals surface area (Å²) in [5, 5.41) is 5.53. The fourth-order valence-corrected chi connectivity index (χ4v) is 2.96. The number of benzene rings is 2. The van der Waals surface area contributed by atoms with Gasteiger partial charge >= 0.3 is 6.03 Å². The molecule has 3 amide bonds. The quantitative estimate of drug-likeness (QED) is 0.804. The third-order valence-corrected chi connectivity index (χ3v) is 4.41. The average molecular weight is 377 g/mol. The topological polar surface area (TPSA) is 61.4 Å². The van der Waals surface area contributed by atoms with Crippen LogP contribution in [0.1, 0.15) is 23.2 Å². The first-order chi connectivity index (χ1) is 13.0. The van der Waals surface area contributed by atoms with Gasteiger partial charge in [0, 0.05) is 24.8 Å². The molecular formula is C19H18F3N3O2. The number of hydrogen-bond donors (Lipinski definition) is 2. The number of carbonyl (C=O) groups excluding carboxylic acids is 2. The van der Waals surface area contributed by atoms with Crippen molar-refractivity contribution in [2.45, 2.75) is 18.9 Å². The maximum absolute atomic E-state index is 13.8. The van der Waals surface area contributed by atoms with Crippen LogP contribution in [0.4, 0.5) is 23.7 Å². The Bertz CT molecular complexity index is 838. The van der Waals surface area contributed by atoms with Crippen LogP contribution in [-0.4, -0.2) is 36.0 Å². The smallest absolute Gasteiger partial charge is 0.319 e. The maximum atomic E-state index is 13.8. The predicted molar refractivity (Wildman–Crippen MR) is 93.8 cm³/mol. The van der Waals surface area contributed by atoms with Crippen molar-refractivity contribution < 1.29 is 22.8 Å². The third kappa shape index (κ3) is 4.39. The number of anilines is 1. The van der Waals surface area contributed by atoms with Crippen LogP contribution < -0.4 is 10.6 Å². The highest BCUT2D eigenvalue weighted by Gasteiger charge is 2.27. The summed E-state index contributed by atoms with van der Waals surface area (Å²) in [6.07, 6.45) is 0.943. The van der Waals surface area contributed by atoms with Crippen molar-refractivity contribution in [2.75, 3.05) is 18.4 Å². The number of para-hydroxylation sites is 1. The fourth-order valence-electron chi connectivity index (χ4n) is 2.96. The highest BCUT2D eigenvalue weighted by atomic mass is 19.2. The Morgan fingerprint density at radius 2 is 1.59 bits per heavy atom. The minimum absolute atomic E-state index is 0.146. The first-order valence-corrected chi connectivity index (χ1v) is 8.51. The van der Waals surface area contributed by atoms with Crippen LogP contribution in [0.3, 0.4) is 0 Å². The SMILES string of the molecule is O=C(Nc1ccccc1)NC1CCN(C(=O)c2ccc(F)c(F)c2F)CC1. The van der Waals surface area contributed by atoms with Gasteiger partial charge in [-0.3, -0.25) is 4.79 Å². The van der Waals surface area contributed by atoms with Crippen molar-refractivity contribution in [1.29, 1.82) is 0 Å². The summed E-state index contributed by atoms with van der Waals surface area (Å²) in [7, 11) is 0. The number of halogens is 3. The average Bonchev–Trinajstić information content (AvgIpc) is 2.67. The van der Waals surface area contributed by atoms with E-state index in [1.54, 1.807) is 24.3 Å². The van der Waals surface area contributed by atoms with Gasteiger partial charge in [-0.15, -0.1) is 0 Å². The number of urea groups is 1. The number of nitrogens with one attached hydrogen (secondary N) is 2. The molecule has 1 aliphatic rings. The Hall–Kier alpha value is -3.03. The van der Waals surface area contributed by atoms with E-state index in [-0.39, 0.29) is 25.2 Å². The fraction of sp³-hybridized carbons (Fsp3) is 0.263. The van der Waals surface area contributed by atoms with Crippen LogP contribution in [-0.2, 0) is 0 Å². The van der Waals surface area contributed by atoms with Gasteiger partial charge in [0.15, 0.2) is 17.5 Å². The standard InChI is InChI=1S/C19H18F3N3O2/c20-15-7-6-14(16(21)17(15)22)18(26)25-10-8-13(9-11-25)24-19(27)23-12-4-2-1-3-5-12/h1-7,13H,8-11H2,(H2,23,24,27). The van der Waals surface area contributed by atoms with E-state index in [2.05, 4.69) is 10.6 Å². The van der Waals surface area contributed by atoms with Gasteiger partial charge in [0.25, 0.3) is 5.91 Å². The summed E-state index contributed by atoms with van der Waals surface area (Å²) in [4.78, 5) is 25.7. The molecule has 27 heavy (non-hydrogen) atoms. The Morgan fingerprint density at radius 1 is 0.926 bits per heavy atom. The maximum Gasteiger partial charge on any atom is 0.319 e. The molecule has 2 N–H and O–H groups in total. The summed E-state index contributed by atoms with van der Waals surface area (Å²) in [5.74, 6) is -5.17. The summed E-state index contributed by atoms with van der Waals surface area (Å²) in [6.45, 7) is 0.543. The molecule has 8 heteroatoms. The normalized spacial score (nSPS) is 14.7. The lowest BCUT2D eigenvalue weighted by molar-refractivity contribution is 0.0702. The van der Waals surface area contributed by atoms with E-state index >= 15 is 0 Å². The molecule has 1 saturated heterocycles. The zero-order valence-corrected chi connectivity index (χ0v) is 14.3. The van der Waals surface area contributed by atoms with E-state index in [0.29, 0.717) is 18.5 Å². The second-order valence-corrected chi connectivity index (χ2v) is 6.25. The first kappa shape index (κ1) is 18.8. The molecule has 142 valence electrons. The zero-order valence-electron chi connectivity index (χ0n) is 14.3. The van der Waals surface area contributed by atoms with E-state index < -0.39 is 28.9 Å². The molecule has 0 saturated carbocycles. The zero-order chi connectivity index (χ0) is 19.4. The van der Waals surface area contributed by atoms with E-state index in [4.69, 9.17) is 0 Å². The molecule has 0 unspecified atom stereocenters. The predicted octanol–water partition coefficient (Wildman–Crippen LogP) is 3.53.